The number of hydrogen-bond donors (Lipinski definition) is 2. The summed E-state index contributed by atoms with van der Waals surface area (Å²) in [5.74, 6) is -1.82. The minimum Gasteiger partial charge on any atom is -0.451 e. The summed E-state index contributed by atoms with van der Waals surface area (Å²) in [6.07, 6.45) is 0. The summed E-state index contributed by atoms with van der Waals surface area (Å²) in [6, 6.07) is 5.12. The second-order valence-corrected chi connectivity index (χ2v) is 5.93. The van der Waals surface area contributed by atoms with Crippen molar-refractivity contribution in [1.29, 1.82) is 0 Å². The summed E-state index contributed by atoms with van der Waals surface area (Å²) in [6.45, 7) is -3.63. The van der Waals surface area contributed by atoms with Crippen molar-refractivity contribution in [3.05, 3.63) is 45.2 Å². The highest BCUT2D eigenvalue weighted by Gasteiger charge is 2.21. The molecule has 0 bridgehead atoms. The Labute approximate surface area is 166 Å². The van der Waals surface area contributed by atoms with Crippen molar-refractivity contribution in [2.75, 3.05) is 17.7 Å². The van der Waals surface area contributed by atoms with E-state index in [1.54, 1.807) is 0 Å². The first-order valence-corrected chi connectivity index (χ1v) is 8.14. The monoisotopic (exact) mass is 439 g/mol. The molecule has 1 aromatic heterocycles. The maximum atomic E-state index is 12.1. The second kappa shape index (κ2) is 9.03. The molecular formula is C15H10Cl3F2N3O4. The van der Waals surface area contributed by atoms with Crippen molar-refractivity contribution in [3.63, 3.8) is 0 Å². The standard InChI is InChI=1S/C15H10Cl3F2N3O4/c16-9-11(21)10(17)13(18)23-12(9)14(25)26-5-8(24)22-6-1-3-7(4-2-6)27-15(19)20/h1-4,15H,5H2,(H2,21,23)(H,22,24). The van der Waals surface area contributed by atoms with E-state index in [2.05, 4.69) is 15.0 Å². The average Bonchev–Trinajstić information content (AvgIpc) is 2.62. The van der Waals surface area contributed by atoms with Gasteiger partial charge in [-0.15, -0.1) is 0 Å². The van der Waals surface area contributed by atoms with E-state index < -0.39 is 30.8 Å². The summed E-state index contributed by atoms with van der Waals surface area (Å²) < 4.78 is 33.1. The highest BCUT2D eigenvalue weighted by molar-refractivity contribution is 6.46. The number of rotatable bonds is 6. The zero-order chi connectivity index (χ0) is 20.1. The van der Waals surface area contributed by atoms with Gasteiger partial charge in [0.1, 0.15) is 10.8 Å². The van der Waals surface area contributed by atoms with Crippen molar-refractivity contribution in [1.82, 2.24) is 4.98 Å². The van der Waals surface area contributed by atoms with Crippen LogP contribution in [0.4, 0.5) is 20.2 Å². The highest BCUT2D eigenvalue weighted by atomic mass is 35.5. The van der Waals surface area contributed by atoms with Gasteiger partial charge in [-0.2, -0.15) is 8.78 Å². The van der Waals surface area contributed by atoms with Crippen molar-refractivity contribution in [3.8, 4) is 5.75 Å². The lowest BCUT2D eigenvalue weighted by Gasteiger charge is -2.10. The predicted molar refractivity (Wildman–Crippen MR) is 95.7 cm³/mol. The topological polar surface area (TPSA) is 104 Å². The maximum Gasteiger partial charge on any atom is 0.387 e. The molecule has 144 valence electrons. The normalized spacial score (nSPS) is 10.6. The van der Waals surface area contributed by atoms with Crippen LogP contribution in [0.15, 0.2) is 24.3 Å². The Morgan fingerprint density at radius 1 is 1.15 bits per heavy atom. The Kier molecular flexibility index (Phi) is 7.00. The number of hydrogen-bond acceptors (Lipinski definition) is 6. The first-order valence-electron chi connectivity index (χ1n) is 7.01. The van der Waals surface area contributed by atoms with Crippen molar-refractivity contribution < 1.29 is 27.8 Å². The van der Waals surface area contributed by atoms with Gasteiger partial charge in [0.15, 0.2) is 17.5 Å². The molecule has 0 fully saturated rings. The average molecular weight is 441 g/mol. The van der Waals surface area contributed by atoms with Gasteiger partial charge in [-0.3, -0.25) is 4.79 Å². The quantitative estimate of drug-likeness (QED) is 0.519. The fourth-order valence-electron chi connectivity index (χ4n) is 1.78. The molecule has 0 aliphatic rings. The lowest BCUT2D eigenvalue weighted by atomic mass is 10.3. The third-order valence-corrected chi connectivity index (χ3v) is 4.10. The fourth-order valence-corrected chi connectivity index (χ4v) is 2.37. The molecule has 27 heavy (non-hydrogen) atoms. The van der Waals surface area contributed by atoms with Gasteiger partial charge in [-0.05, 0) is 24.3 Å². The molecule has 0 saturated heterocycles. The molecule has 0 unspecified atom stereocenters. The number of anilines is 2. The first-order chi connectivity index (χ1) is 12.7. The molecule has 0 atom stereocenters. The Morgan fingerprint density at radius 2 is 1.78 bits per heavy atom. The number of amides is 1. The SMILES string of the molecule is Nc1c(Cl)c(Cl)nc(C(=O)OCC(=O)Nc2ccc(OC(F)F)cc2)c1Cl. The van der Waals surface area contributed by atoms with E-state index >= 15 is 0 Å². The summed E-state index contributed by atoms with van der Waals surface area (Å²) in [5, 5.41) is 1.77. The van der Waals surface area contributed by atoms with Crippen LogP contribution in [0.3, 0.4) is 0 Å². The smallest absolute Gasteiger partial charge is 0.387 e. The van der Waals surface area contributed by atoms with E-state index in [0.29, 0.717) is 0 Å². The minimum atomic E-state index is -2.96. The van der Waals surface area contributed by atoms with Crippen LogP contribution < -0.4 is 15.8 Å². The molecule has 0 saturated carbocycles. The van der Waals surface area contributed by atoms with Crippen LogP contribution in [0.5, 0.6) is 5.75 Å². The molecule has 0 radical (unpaired) electrons. The third kappa shape index (κ3) is 5.56. The number of ether oxygens (including phenoxy) is 2. The minimum absolute atomic E-state index is 0.0765. The van der Waals surface area contributed by atoms with E-state index in [1.165, 1.54) is 24.3 Å². The Hall–Kier alpha value is -2.36. The molecule has 1 heterocycles. The number of esters is 1. The van der Waals surface area contributed by atoms with Crippen LogP contribution in [0, 0.1) is 0 Å². The van der Waals surface area contributed by atoms with E-state index in [9.17, 15) is 18.4 Å². The number of nitrogens with one attached hydrogen (secondary N) is 1. The fraction of sp³-hybridized carbons (Fsp3) is 0.133. The Morgan fingerprint density at radius 3 is 2.37 bits per heavy atom. The van der Waals surface area contributed by atoms with E-state index in [-0.39, 0.29) is 32.3 Å². The van der Waals surface area contributed by atoms with E-state index in [0.717, 1.165) is 0 Å². The number of halogens is 5. The van der Waals surface area contributed by atoms with Gasteiger partial charge in [0, 0.05) is 5.69 Å². The molecule has 0 aliphatic carbocycles. The number of carbonyl (C=O) groups is 2. The number of alkyl halides is 2. The van der Waals surface area contributed by atoms with Crippen LogP contribution >= 0.6 is 34.8 Å². The van der Waals surface area contributed by atoms with Gasteiger partial charge in [-0.1, -0.05) is 34.8 Å². The zero-order valence-corrected chi connectivity index (χ0v) is 15.4. The number of carbonyl (C=O) groups excluding carboxylic acids is 2. The van der Waals surface area contributed by atoms with Gasteiger partial charge >= 0.3 is 12.6 Å². The van der Waals surface area contributed by atoms with Gasteiger partial charge in [0.2, 0.25) is 0 Å². The lowest BCUT2D eigenvalue weighted by molar-refractivity contribution is -0.119. The number of nitrogens with zero attached hydrogens (tertiary/aromatic N) is 1. The molecule has 1 aromatic carbocycles. The number of pyridine rings is 1. The predicted octanol–water partition coefficient (Wildman–Crippen LogP) is 4.02. The van der Waals surface area contributed by atoms with Crippen LogP contribution in [-0.4, -0.2) is 30.1 Å². The van der Waals surface area contributed by atoms with E-state index in [1.807, 2.05) is 0 Å². The van der Waals surface area contributed by atoms with Crippen LogP contribution in [-0.2, 0) is 9.53 Å². The summed E-state index contributed by atoms with van der Waals surface area (Å²) in [7, 11) is 0. The van der Waals surface area contributed by atoms with Crippen molar-refractivity contribution in [2.24, 2.45) is 0 Å². The molecular weight excluding hydrogens is 431 g/mol. The van der Waals surface area contributed by atoms with Crippen molar-refractivity contribution in [2.45, 2.75) is 6.61 Å². The van der Waals surface area contributed by atoms with Crippen molar-refractivity contribution >= 4 is 58.1 Å². The lowest BCUT2D eigenvalue weighted by Crippen LogP contribution is -2.21. The van der Waals surface area contributed by atoms with Crippen LogP contribution in [0.1, 0.15) is 10.5 Å². The summed E-state index contributed by atoms with van der Waals surface area (Å²) in [4.78, 5) is 27.5. The molecule has 1 amide bonds. The third-order valence-electron chi connectivity index (χ3n) is 2.96. The maximum absolute atomic E-state index is 12.1. The Balaban J connectivity index is 1.95. The number of aromatic nitrogens is 1. The number of benzene rings is 1. The molecule has 2 rings (SSSR count). The van der Waals surface area contributed by atoms with Gasteiger partial charge in [0.05, 0.1) is 10.7 Å². The van der Waals surface area contributed by atoms with Gasteiger partial charge in [0.25, 0.3) is 5.91 Å². The largest absolute Gasteiger partial charge is 0.451 e. The first kappa shape index (κ1) is 20.9. The molecule has 3 N–H and O–H groups in total. The van der Waals surface area contributed by atoms with E-state index in [4.69, 9.17) is 45.3 Å². The molecule has 7 nitrogen and oxygen atoms in total. The molecule has 0 aliphatic heterocycles. The molecule has 0 spiro atoms. The number of nitrogens with two attached hydrogens (primary N) is 1. The Bertz CT molecular complexity index is 866. The van der Waals surface area contributed by atoms with Crippen LogP contribution in [0.2, 0.25) is 15.2 Å². The zero-order valence-electron chi connectivity index (χ0n) is 13.1. The molecule has 12 heteroatoms. The molecule has 2 aromatic rings. The summed E-state index contributed by atoms with van der Waals surface area (Å²) >= 11 is 17.3. The number of nitrogen functional groups attached to an aromatic ring is 1. The van der Waals surface area contributed by atoms with Gasteiger partial charge in [-0.25, -0.2) is 9.78 Å². The van der Waals surface area contributed by atoms with Crippen LogP contribution in [0.25, 0.3) is 0 Å². The highest BCUT2D eigenvalue weighted by Crippen LogP contribution is 2.34. The van der Waals surface area contributed by atoms with Gasteiger partial charge < -0.3 is 20.5 Å². The second-order valence-electron chi connectivity index (χ2n) is 4.82. The summed E-state index contributed by atoms with van der Waals surface area (Å²) in [5.41, 5.74) is 5.31.